The van der Waals surface area contributed by atoms with Crippen LogP contribution in [-0.4, -0.2) is 21.8 Å². The number of aryl methyl sites for hydroxylation is 1. The molecule has 2 aliphatic rings. The zero-order valence-corrected chi connectivity index (χ0v) is 16.1. The summed E-state index contributed by atoms with van der Waals surface area (Å²) < 4.78 is 1.54. The number of benzene rings is 2. The first-order valence-electron chi connectivity index (χ1n) is 9.61. The minimum Gasteiger partial charge on any atom is -0.319 e. The second-order valence-electron chi connectivity index (χ2n) is 7.49. The molecule has 0 spiro atoms. The largest absolute Gasteiger partial charge is 0.319 e. The molecule has 5 nitrogen and oxygen atoms in total. The fourth-order valence-electron chi connectivity index (χ4n) is 3.88. The molecule has 2 aromatic carbocycles. The van der Waals surface area contributed by atoms with Crippen LogP contribution in [0.15, 0.2) is 75.6 Å². The van der Waals surface area contributed by atoms with Gasteiger partial charge >= 0.3 is 0 Å². The Morgan fingerprint density at radius 2 is 1.90 bits per heavy atom. The summed E-state index contributed by atoms with van der Waals surface area (Å²) in [7, 11) is 1.73. The number of fused-ring (bicyclic) bond motifs is 2. The Bertz CT molecular complexity index is 1270. The summed E-state index contributed by atoms with van der Waals surface area (Å²) in [5, 5.41) is 0. The molecule has 0 atom stereocenters. The molecule has 0 bridgehead atoms. The topological polar surface area (TPSA) is 63.8 Å². The number of nitrogens with zero attached hydrogens (tertiary/aromatic N) is 3. The van der Waals surface area contributed by atoms with E-state index in [0.717, 1.165) is 39.2 Å². The number of rotatable bonds is 4. The van der Waals surface area contributed by atoms with Crippen LogP contribution >= 0.6 is 0 Å². The van der Waals surface area contributed by atoms with Crippen molar-refractivity contribution in [2.75, 3.05) is 0 Å². The first kappa shape index (κ1) is 17.5. The molecule has 1 aromatic heterocycles. The summed E-state index contributed by atoms with van der Waals surface area (Å²) in [5.74, 6) is 0.0630. The van der Waals surface area contributed by atoms with Crippen molar-refractivity contribution in [3.8, 4) is 0 Å². The van der Waals surface area contributed by atoms with Crippen LogP contribution in [0.2, 0.25) is 0 Å². The van der Waals surface area contributed by atoms with Gasteiger partial charge in [-0.3, -0.25) is 14.6 Å². The van der Waals surface area contributed by atoms with Gasteiger partial charge in [-0.25, -0.2) is 4.99 Å². The van der Waals surface area contributed by atoms with Gasteiger partial charge in [0.2, 0.25) is 0 Å². The summed E-state index contributed by atoms with van der Waals surface area (Å²) in [6.45, 7) is 0.584. The van der Waals surface area contributed by atoms with Crippen LogP contribution in [0, 0.1) is 0 Å². The molecule has 3 heterocycles. The Hall–Kier alpha value is -3.60. The SMILES string of the molecule is Cn1ccc(C2=NCc3cc4c(cc32)N=C(C(=O)Cc2ccccc2)C4)cc1=O. The summed E-state index contributed by atoms with van der Waals surface area (Å²) in [6.07, 6.45) is 2.69. The van der Waals surface area contributed by atoms with Gasteiger partial charge < -0.3 is 4.57 Å². The molecule has 5 heteroatoms. The third-order valence-corrected chi connectivity index (χ3v) is 5.49. The molecule has 0 radical (unpaired) electrons. The fourth-order valence-corrected chi connectivity index (χ4v) is 3.88. The summed E-state index contributed by atoms with van der Waals surface area (Å²) in [4.78, 5) is 34.0. The maximum atomic E-state index is 12.7. The number of hydrogen-bond donors (Lipinski definition) is 0. The van der Waals surface area contributed by atoms with E-state index in [0.29, 0.717) is 25.1 Å². The van der Waals surface area contributed by atoms with E-state index >= 15 is 0 Å². The van der Waals surface area contributed by atoms with E-state index in [-0.39, 0.29) is 11.3 Å². The molecule has 142 valence electrons. The number of aliphatic imine (C=N–C) groups is 2. The zero-order valence-electron chi connectivity index (χ0n) is 16.1. The molecular weight excluding hydrogens is 362 g/mol. The lowest BCUT2D eigenvalue weighted by atomic mass is 9.96. The Labute approximate surface area is 168 Å². The van der Waals surface area contributed by atoms with Crippen molar-refractivity contribution in [2.24, 2.45) is 17.0 Å². The van der Waals surface area contributed by atoms with Crippen molar-refractivity contribution in [2.45, 2.75) is 19.4 Å². The van der Waals surface area contributed by atoms with Crippen molar-refractivity contribution >= 4 is 22.9 Å². The molecule has 0 aliphatic carbocycles. The Morgan fingerprint density at radius 1 is 1.07 bits per heavy atom. The van der Waals surface area contributed by atoms with Crippen LogP contribution in [-0.2, 0) is 31.2 Å². The van der Waals surface area contributed by atoms with Crippen molar-refractivity contribution in [3.63, 3.8) is 0 Å². The predicted octanol–water partition coefficient (Wildman–Crippen LogP) is 3.18. The Morgan fingerprint density at radius 3 is 2.69 bits per heavy atom. The highest BCUT2D eigenvalue weighted by Gasteiger charge is 2.26. The molecule has 0 amide bonds. The van der Waals surface area contributed by atoms with Gasteiger partial charge in [-0.15, -0.1) is 0 Å². The van der Waals surface area contributed by atoms with Gasteiger partial charge in [0.15, 0.2) is 5.78 Å². The minimum absolute atomic E-state index is 0.0630. The van der Waals surface area contributed by atoms with Crippen LogP contribution in [0.1, 0.15) is 27.8 Å². The lowest BCUT2D eigenvalue weighted by Gasteiger charge is -2.07. The van der Waals surface area contributed by atoms with E-state index in [1.165, 1.54) is 4.57 Å². The second-order valence-corrected chi connectivity index (χ2v) is 7.49. The normalized spacial score (nSPS) is 14.2. The van der Waals surface area contributed by atoms with Gasteiger partial charge in [0.1, 0.15) is 0 Å². The van der Waals surface area contributed by atoms with Crippen molar-refractivity contribution in [3.05, 3.63) is 99.0 Å². The number of Topliss-reactive ketones (excluding diaryl/α,β-unsaturated/α-hetero) is 1. The average Bonchev–Trinajstić information content (AvgIpc) is 3.32. The maximum absolute atomic E-state index is 12.7. The fraction of sp³-hybridized carbons (Fsp3) is 0.167. The quantitative estimate of drug-likeness (QED) is 0.697. The van der Waals surface area contributed by atoms with Gasteiger partial charge in [0, 0.05) is 43.3 Å². The van der Waals surface area contributed by atoms with Gasteiger partial charge in [-0.05, 0) is 28.8 Å². The molecule has 0 N–H and O–H groups in total. The Kier molecular flexibility index (Phi) is 4.09. The van der Waals surface area contributed by atoms with Crippen molar-refractivity contribution in [1.29, 1.82) is 0 Å². The number of carbonyl (C=O) groups is 1. The maximum Gasteiger partial charge on any atom is 0.250 e. The van der Waals surface area contributed by atoms with Gasteiger partial charge in [-0.2, -0.15) is 0 Å². The molecular formula is C24H19N3O2. The van der Waals surface area contributed by atoms with Crippen LogP contribution in [0.25, 0.3) is 0 Å². The van der Waals surface area contributed by atoms with E-state index in [2.05, 4.69) is 16.1 Å². The molecule has 2 aliphatic heterocycles. The van der Waals surface area contributed by atoms with E-state index in [1.807, 2.05) is 42.5 Å². The molecule has 0 unspecified atom stereocenters. The smallest absolute Gasteiger partial charge is 0.250 e. The molecule has 0 saturated heterocycles. The average molecular weight is 381 g/mol. The molecule has 0 fully saturated rings. The first-order valence-corrected chi connectivity index (χ1v) is 9.61. The van der Waals surface area contributed by atoms with E-state index in [9.17, 15) is 9.59 Å². The zero-order chi connectivity index (χ0) is 20.0. The number of aromatic nitrogens is 1. The predicted molar refractivity (Wildman–Crippen MR) is 113 cm³/mol. The minimum atomic E-state index is -0.0633. The van der Waals surface area contributed by atoms with Crippen LogP contribution in [0.3, 0.4) is 0 Å². The first-order chi connectivity index (χ1) is 14.1. The third kappa shape index (κ3) is 3.14. The third-order valence-electron chi connectivity index (χ3n) is 5.49. The molecule has 29 heavy (non-hydrogen) atoms. The van der Waals surface area contributed by atoms with E-state index in [1.54, 1.807) is 19.3 Å². The lowest BCUT2D eigenvalue weighted by molar-refractivity contribution is -0.112. The lowest BCUT2D eigenvalue weighted by Crippen LogP contribution is -2.17. The van der Waals surface area contributed by atoms with Gasteiger partial charge in [0.25, 0.3) is 5.56 Å². The molecule has 0 saturated carbocycles. The molecule has 5 rings (SSSR count). The number of ketones is 1. The number of pyridine rings is 1. The van der Waals surface area contributed by atoms with E-state index < -0.39 is 0 Å². The van der Waals surface area contributed by atoms with Crippen molar-refractivity contribution < 1.29 is 4.79 Å². The van der Waals surface area contributed by atoms with Crippen LogP contribution in [0.5, 0.6) is 0 Å². The van der Waals surface area contributed by atoms with Crippen LogP contribution in [0.4, 0.5) is 5.69 Å². The van der Waals surface area contributed by atoms with Crippen LogP contribution < -0.4 is 5.56 Å². The number of carbonyl (C=O) groups excluding carboxylic acids is 1. The highest BCUT2D eigenvalue weighted by Crippen LogP contribution is 2.34. The van der Waals surface area contributed by atoms with Crippen molar-refractivity contribution in [1.82, 2.24) is 4.57 Å². The number of hydrogen-bond acceptors (Lipinski definition) is 4. The standard InChI is InChI=1S/C24H19N3O2/c1-27-8-7-16(12-23(27)29)24-19-13-20-17(10-18(19)14-25-24)11-21(26-20)22(28)9-15-5-3-2-4-6-15/h2-8,10,12-13H,9,11,14H2,1H3. The van der Waals surface area contributed by atoms with E-state index in [4.69, 9.17) is 0 Å². The van der Waals surface area contributed by atoms with Gasteiger partial charge in [-0.1, -0.05) is 36.4 Å². The highest BCUT2D eigenvalue weighted by atomic mass is 16.1. The highest BCUT2D eigenvalue weighted by molar-refractivity contribution is 6.42. The summed E-state index contributed by atoms with van der Waals surface area (Å²) in [5.41, 5.74) is 7.20. The summed E-state index contributed by atoms with van der Waals surface area (Å²) in [6, 6.07) is 17.4. The second kappa shape index (κ2) is 6.78. The van der Waals surface area contributed by atoms with Gasteiger partial charge in [0.05, 0.1) is 23.7 Å². The summed E-state index contributed by atoms with van der Waals surface area (Å²) >= 11 is 0. The monoisotopic (exact) mass is 381 g/mol. The molecule has 3 aromatic rings. The Balaban J connectivity index is 1.44.